The predicted octanol–water partition coefficient (Wildman–Crippen LogP) is 5.91. The van der Waals surface area contributed by atoms with Crippen LogP contribution in [-0.2, 0) is 16.1 Å². The number of esters is 1. The van der Waals surface area contributed by atoms with Crippen LogP contribution < -0.4 is 14.2 Å². The summed E-state index contributed by atoms with van der Waals surface area (Å²) in [5.74, 6) is 2.75. The number of ether oxygens (including phenoxy) is 3. The van der Waals surface area contributed by atoms with Crippen molar-refractivity contribution in [1.29, 1.82) is 0 Å². The SMILES string of the molecule is CCCc1c(OCCCSc2ccc(OC(=O)CC)cc2Cl)ccc2c1OCC2=NOC. The number of fused-ring (bicyclic) bond motifs is 1. The van der Waals surface area contributed by atoms with Gasteiger partial charge in [-0.3, -0.25) is 4.79 Å². The van der Waals surface area contributed by atoms with Gasteiger partial charge in [0.15, 0.2) is 0 Å². The Kier molecular flexibility index (Phi) is 9.11. The van der Waals surface area contributed by atoms with Gasteiger partial charge in [0.25, 0.3) is 0 Å². The summed E-state index contributed by atoms with van der Waals surface area (Å²) >= 11 is 7.98. The first-order valence-electron chi connectivity index (χ1n) is 10.7. The fraction of sp³-hybridized carbons (Fsp3) is 0.417. The Balaban J connectivity index is 1.54. The molecule has 2 aromatic rings. The van der Waals surface area contributed by atoms with Gasteiger partial charge in [-0.2, -0.15) is 0 Å². The lowest BCUT2D eigenvalue weighted by Gasteiger charge is -2.14. The summed E-state index contributed by atoms with van der Waals surface area (Å²) in [5.41, 5.74) is 2.86. The van der Waals surface area contributed by atoms with Crippen LogP contribution in [0.4, 0.5) is 0 Å². The van der Waals surface area contributed by atoms with Crippen molar-refractivity contribution in [3.63, 3.8) is 0 Å². The van der Waals surface area contributed by atoms with E-state index in [-0.39, 0.29) is 5.97 Å². The summed E-state index contributed by atoms with van der Waals surface area (Å²) in [7, 11) is 1.54. The van der Waals surface area contributed by atoms with Crippen molar-refractivity contribution < 1.29 is 23.8 Å². The highest BCUT2D eigenvalue weighted by Crippen LogP contribution is 2.37. The molecule has 0 radical (unpaired) electrons. The van der Waals surface area contributed by atoms with E-state index in [0.29, 0.717) is 30.4 Å². The highest BCUT2D eigenvalue weighted by atomic mass is 35.5. The zero-order chi connectivity index (χ0) is 22.9. The summed E-state index contributed by atoms with van der Waals surface area (Å²) in [5, 5.41) is 4.63. The van der Waals surface area contributed by atoms with E-state index in [1.807, 2.05) is 18.2 Å². The van der Waals surface area contributed by atoms with E-state index in [2.05, 4.69) is 12.1 Å². The fourth-order valence-electron chi connectivity index (χ4n) is 3.32. The molecule has 0 unspecified atom stereocenters. The maximum absolute atomic E-state index is 11.4. The Bertz CT molecular complexity index is 979. The first-order chi connectivity index (χ1) is 15.6. The highest BCUT2D eigenvalue weighted by molar-refractivity contribution is 7.99. The number of thioether (sulfide) groups is 1. The molecule has 0 saturated carbocycles. The molecule has 1 aliphatic heterocycles. The normalized spacial score (nSPS) is 13.6. The molecule has 0 bridgehead atoms. The Labute approximate surface area is 198 Å². The number of hydrogen-bond acceptors (Lipinski definition) is 7. The van der Waals surface area contributed by atoms with Crippen molar-refractivity contribution in [1.82, 2.24) is 0 Å². The van der Waals surface area contributed by atoms with Gasteiger partial charge < -0.3 is 19.0 Å². The quantitative estimate of drug-likeness (QED) is 0.132. The molecule has 0 saturated heterocycles. The second-order valence-electron chi connectivity index (χ2n) is 7.15. The number of benzene rings is 2. The largest absolute Gasteiger partial charge is 0.493 e. The fourth-order valence-corrected chi connectivity index (χ4v) is 4.49. The molecule has 0 fully saturated rings. The van der Waals surface area contributed by atoms with Crippen molar-refractivity contribution in [2.24, 2.45) is 5.16 Å². The summed E-state index contributed by atoms with van der Waals surface area (Å²) in [6.07, 6.45) is 3.04. The van der Waals surface area contributed by atoms with Gasteiger partial charge in [-0.05, 0) is 37.1 Å². The molecule has 3 rings (SSSR count). The van der Waals surface area contributed by atoms with Crippen LogP contribution in [0, 0.1) is 0 Å². The number of nitrogens with zero attached hydrogens (tertiary/aromatic N) is 1. The van der Waals surface area contributed by atoms with E-state index < -0.39 is 0 Å². The van der Waals surface area contributed by atoms with Gasteiger partial charge in [0.05, 0.1) is 11.6 Å². The van der Waals surface area contributed by atoms with Crippen molar-refractivity contribution in [3.8, 4) is 17.2 Å². The van der Waals surface area contributed by atoms with Crippen LogP contribution in [0.2, 0.25) is 5.02 Å². The summed E-state index contributed by atoms with van der Waals surface area (Å²) in [4.78, 5) is 17.3. The van der Waals surface area contributed by atoms with Gasteiger partial charge in [0, 0.05) is 34.3 Å². The standard InChI is InChI=1S/C24H28ClNO5S/c1-4-7-18-21(10-9-17-20(26-28-3)15-30-24(17)18)29-12-6-13-32-22-11-8-16(14-19(22)25)31-23(27)5-2/h8-11,14H,4-7,12-13,15H2,1-3H3. The summed E-state index contributed by atoms with van der Waals surface area (Å²) in [6.45, 7) is 4.89. The van der Waals surface area contributed by atoms with Crippen LogP contribution in [0.1, 0.15) is 44.2 Å². The Morgan fingerprint density at radius 2 is 2.09 bits per heavy atom. The molecule has 8 heteroatoms. The van der Waals surface area contributed by atoms with Crippen LogP contribution in [0.15, 0.2) is 40.4 Å². The highest BCUT2D eigenvalue weighted by Gasteiger charge is 2.25. The molecule has 172 valence electrons. The van der Waals surface area contributed by atoms with Crippen molar-refractivity contribution in [3.05, 3.63) is 46.5 Å². The molecule has 1 heterocycles. The van der Waals surface area contributed by atoms with Gasteiger partial charge in [-0.1, -0.05) is 37.0 Å². The first kappa shape index (κ1) is 24.3. The molecule has 2 aromatic carbocycles. The maximum Gasteiger partial charge on any atom is 0.310 e. The summed E-state index contributed by atoms with van der Waals surface area (Å²) in [6, 6.07) is 9.29. The van der Waals surface area contributed by atoms with E-state index in [1.165, 1.54) is 7.11 Å². The van der Waals surface area contributed by atoms with Crippen LogP contribution in [-0.4, -0.2) is 37.8 Å². The monoisotopic (exact) mass is 477 g/mol. The van der Waals surface area contributed by atoms with Crippen LogP contribution in [0.25, 0.3) is 0 Å². The minimum Gasteiger partial charge on any atom is -0.493 e. The van der Waals surface area contributed by atoms with Gasteiger partial charge in [0.1, 0.15) is 36.7 Å². The third kappa shape index (κ3) is 6.11. The second-order valence-corrected chi connectivity index (χ2v) is 8.69. The smallest absolute Gasteiger partial charge is 0.310 e. The van der Waals surface area contributed by atoms with Crippen LogP contribution >= 0.6 is 23.4 Å². The molecule has 0 aliphatic carbocycles. The van der Waals surface area contributed by atoms with Gasteiger partial charge in [-0.25, -0.2) is 0 Å². The maximum atomic E-state index is 11.4. The zero-order valence-electron chi connectivity index (χ0n) is 18.6. The first-order valence-corrected chi connectivity index (χ1v) is 12.1. The van der Waals surface area contributed by atoms with E-state index in [1.54, 1.807) is 30.8 Å². The van der Waals surface area contributed by atoms with Crippen LogP contribution in [0.3, 0.4) is 0 Å². The number of rotatable bonds is 11. The Morgan fingerprint density at radius 1 is 1.25 bits per heavy atom. The van der Waals surface area contributed by atoms with E-state index in [9.17, 15) is 4.79 Å². The molecular weight excluding hydrogens is 450 g/mol. The van der Waals surface area contributed by atoms with Gasteiger partial charge >= 0.3 is 5.97 Å². The molecule has 0 spiro atoms. The third-order valence-electron chi connectivity index (χ3n) is 4.81. The van der Waals surface area contributed by atoms with E-state index in [4.69, 9.17) is 30.6 Å². The molecule has 0 N–H and O–H groups in total. The third-order valence-corrected chi connectivity index (χ3v) is 6.40. The molecule has 32 heavy (non-hydrogen) atoms. The molecule has 6 nitrogen and oxygen atoms in total. The molecule has 0 aromatic heterocycles. The minimum absolute atomic E-state index is 0.278. The van der Waals surface area contributed by atoms with Crippen LogP contribution in [0.5, 0.6) is 17.2 Å². The topological polar surface area (TPSA) is 66.4 Å². The Hall–Kier alpha value is -2.38. The number of carbonyl (C=O) groups is 1. The number of oxime groups is 1. The summed E-state index contributed by atoms with van der Waals surface area (Å²) < 4.78 is 17.2. The molecule has 1 aliphatic rings. The number of hydrogen-bond donors (Lipinski definition) is 0. The minimum atomic E-state index is -0.278. The molecule has 0 atom stereocenters. The van der Waals surface area contributed by atoms with Gasteiger partial charge in [-0.15, -0.1) is 11.8 Å². The van der Waals surface area contributed by atoms with Crippen molar-refractivity contribution >= 4 is 35.0 Å². The molecule has 0 amide bonds. The number of carbonyl (C=O) groups excluding carboxylic acids is 1. The Morgan fingerprint density at radius 3 is 2.81 bits per heavy atom. The van der Waals surface area contributed by atoms with Gasteiger partial charge in [0.2, 0.25) is 0 Å². The predicted molar refractivity (Wildman–Crippen MR) is 128 cm³/mol. The van der Waals surface area contributed by atoms with Crippen molar-refractivity contribution in [2.75, 3.05) is 26.1 Å². The van der Waals surface area contributed by atoms with E-state index in [0.717, 1.165) is 58.2 Å². The second kappa shape index (κ2) is 12.0. The van der Waals surface area contributed by atoms with Crippen molar-refractivity contribution in [2.45, 2.75) is 44.4 Å². The molecular formula is C24H28ClNO5S. The van der Waals surface area contributed by atoms with E-state index >= 15 is 0 Å². The lowest BCUT2D eigenvalue weighted by Crippen LogP contribution is -2.05. The average Bonchev–Trinajstić information content (AvgIpc) is 3.19. The lowest BCUT2D eigenvalue weighted by atomic mass is 10.0. The zero-order valence-corrected chi connectivity index (χ0v) is 20.2. The number of halogens is 1. The average molecular weight is 478 g/mol. The lowest BCUT2D eigenvalue weighted by molar-refractivity contribution is -0.134.